The minimum Gasteiger partial charge on any atom is -0.481 e. The zero-order chi connectivity index (χ0) is 13.6. The number of hydrogen-bond acceptors (Lipinski definition) is 3. The van der Waals surface area contributed by atoms with Crippen molar-refractivity contribution in [2.24, 2.45) is 17.3 Å². The Kier molecular flexibility index (Phi) is 3.03. The number of carboxylic acids is 1. The number of hydrogen-bond donors (Lipinski definition) is 2. The molecule has 0 aromatic rings. The highest BCUT2D eigenvalue weighted by atomic mass is 16.6. The van der Waals surface area contributed by atoms with Crippen LogP contribution in [0.5, 0.6) is 0 Å². The molecule has 0 aliphatic heterocycles. The van der Waals surface area contributed by atoms with Gasteiger partial charge in [-0.25, -0.2) is 4.79 Å². The van der Waals surface area contributed by atoms with E-state index in [0.29, 0.717) is 12.3 Å². The number of carbonyl (C=O) groups is 2. The molecule has 102 valence electrons. The van der Waals surface area contributed by atoms with Gasteiger partial charge in [0.05, 0.1) is 5.41 Å². The Labute approximate surface area is 107 Å². The average Bonchev–Trinajstić information content (AvgIpc) is 3.06. The second kappa shape index (κ2) is 4.14. The van der Waals surface area contributed by atoms with Crippen LogP contribution in [-0.4, -0.2) is 29.3 Å². The summed E-state index contributed by atoms with van der Waals surface area (Å²) in [6.45, 7) is 5.52. The molecule has 0 bridgehead atoms. The Balaban J connectivity index is 1.84. The third-order valence-corrected chi connectivity index (χ3v) is 3.70. The Morgan fingerprint density at radius 1 is 1.39 bits per heavy atom. The van der Waals surface area contributed by atoms with Crippen LogP contribution in [0, 0.1) is 17.3 Å². The number of carbonyl (C=O) groups excluding carboxylic acids is 1. The van der Waals surface area contributed by atoms with Gasteiger partial charge in [0, 0.05) is 6.54 Å². The molecule has 1 amide bonds. The van der Waals surface area contributed by atoms with Crippen molar-refractivity contribution in [3.63, 3.8) is 0 Å². The molecule has 0 radical (unpaired) electrons. The highest BCUT2D eigenvalue weighted by molar-refractivity contribution is 5.80. The number of rotatable bonds is 4. The number of aliphatic carboxylic acids is 1. The van der Waals surface area contributed by atoms with Gasteiger partial charge in [-0.15, -0.1) is 0 Å². The largest absolute Gasteiger partial charge is 0.481 e. The van der Waals surface area contributed by atoms with E-state index in [-0.39, 0.29) is 12.5 Å². The quantitative estimate of drug-likeness (QED) is 0.805. The maximum Gasteiger partial charge on any atom is 0.407 e. The molecule has 5 heteroatoms. The summed E-state index contributed by atoms with van der Waals surface area (Å²) >= 11 is 0. The molecule has 2 aliphatic carbocycles. The smallest absolute Gasteiger partial charge is 0.407 e. The molecule has 2 N–H and O–H groups in total. The Morgan fingerprint density at radius 3 is 2.44 bits per heavy atom. The van der Waals surface area contributed by atoms with E-state index in [1.807, 2.05) is 0 Å². The summed E-state index contributed by atoms with van der Waals surface area (Å²) in [5, 5.41) is 11.9. The van der Waals surface area contributed by atoms with Crippen molar-refractivity contribution >= 4 is 12.1 Å². The summed E-state index contributed by atoms with van der Waals surface area (Å²) in [5.41, 5.74) is -1.29. The van der Waals surface area contributed by atoms with Gasteiger partial charge in [0.25, 0.3) is 0 Å². The van der Waals surface area contributed by atoms with Gasteiger partial charge in [-0.2, -0.15) is 0 Å². The van der Waals surface area contributed by atoms with Crippen molar-refractivity contribution in [3.8, 4) is 0 Å². The third-order valence-electron chi connectivity index (χ3n) is 3.70. The van der Waals surface area contributed by atoms with Gasteiger partial charge in [0.2, 0.25) is 0 Å². The topological polar surface area (TPSA) is 75.6 Å². The highest BCUT2D eigenvalue weighted by Gasteiger charge is 2.64. The van der Waals surface area contributed by atoms with E-state index in [1.54, 1.807) is 20.8 Å². The number of ether oxygens (including phenoxy) is 1. The van der Waals surface area contributed by atoms with Crippen molar-refractivity contribution in [2.45, 2.75) is 45.6 Å². The Morgan fingerprint density at radius 2 is 2.00 bits per heavy atom. The molecule has 2 rings (SSSR count). The fourth-order valence-electron chi connectivity index (χ4n) is 2.52. The van der Waals surface area contributed by atoms with Crippen molar-refractivity contribution in [2.75, 3.05) is 6.54 Å². The molecule has 5 nitrogen and oxygen atoms in total. The molecule has 0 aromatic carbocycles. The maximum atomic E-state index is 11.5. The normalized spacial score (nSPS) is 30.7. The second-order valence-electron chi connectivity index (χ2n) is 6.46. The van der Waals surface area contributed by atoms with E-state index in [1.165, 1.54) is 0 Å². The van der Waals surface area contributed by atoms with Crippen molar-refractivity contribution in [1.82, 2.24) is 5.32 Å². The predicted molar refractivity (Wildman–Crippen MR) is 65.1 cm³/mol. The lowest BCUT2D eigenvalue weighted by atomic mass is 10.0. The summed E-state index contributed by atoms with van der Waals surface area (Å²) in [6, 6.07) is 0. The highest BCUT2D eigenvalue weighted by Crippen LogP contribution is 2.62. The number of nitrogens with one attached hydrogen (secondary N) is 1. The lowest BCUT2D eigenvalue weighted by Crippen LogP contribution is -2.39. The molecule has 0 heterocycles. The summed E-state index contributed by atoms with van der Waals surface area (Å²) in [5.74, 6) is 0.00179. The van der Waals surface area contributed by atoms with Gasteiger partial charge < -0.3 is 15.2 Å². The van der Waals surface area contributed by atoms with Gasteiger partial charge in [-0.3, -0.25) is 4.79 Å². The lowest BCUT2D eigenvalue weighted by molar-refractivity contribution is -0.143. The van der Waals surface area contributed by atoms with E-state index in [9.17, 15) is 14.7 Å². The van der Waals surface area contributed by atoms with Crippen LogP contribution >= 0.6 is 0 Å². The molecule has 2 saturated carbocycles. The molecule has 2 fully saturated rings. The van der Waals surface area contributed by atoms with E-state index in [0.717, 1.165) is 12.8 Å². The van der Waals surface area contributed by atoms with Crippen LogP contribution in [-0.2, 0) is 9.53 Å². The number of alkyl carbamates (subject to hydrolysis) is 1. The van der Waals surface area contributed by atoms with Crippen LogP contribution in [0.15, 0.2) is 0 Å². The monoisotopic (exact) mass is 255 g/mol. The van der Waals surface area contributed by atoms with Crippen LogP contribution < -0.4 is 5.32 Å². The zero-order valence-corrected chi connectivity index (χ0v) is 11.2. The summed E-state index contributed by atoms with van der Waals surface area (Å²) in [4.78, 5) is 22.9. The average molecular weight is 255 g/mol. The van der Waals surface area contributed by atoms with E-state index < -0.39 is 23.1 Å². The molecule has 2 atom stereocenters. The molecule has 18 heavy (non-hydrogen) atoms. The standard InChI is InChI=1S/C13H21NO4/c1-12(2,3)18-11(17)14-7-13(10(15)16)6-9(13)8-4-5-8/h8-9H,4-7H2,1-3H3,(H,14,17)(H,15,16)/t9-,13-/m0/s1. The summed E-state index contributed by atoms with van der Waals surface area (Å²) in [6.07, 6.45) is 2.41. The summed E-state index contributed by atoms with van der Waals surface area (Å²) in [7, 11) is 0. The van der Waals surface area contributed by atoms with Crippen LogP contribution in [0.4, 0.5) is 4.79 Å². The number of amides is 1. The molecule has 0 saturated heterocycles. The van der Waals surface area contributed by atoms with E-state index in [2.05, 4.69) is 5.32 Å². The van der Waals surface area contributed by atoms with Gasteiger partial charge in [0.1, 0.15) is 5.60 Å². The van der Waals surface area contributed by atoms with Crippen molar-refractivity contribution in [1.29, 1.82) is 0 Å². The first kappa shape index (κ1) is 13.2. The fraction of sp³-hybridized carbons (Fsp3) is 0.846. The third kappa shape index (κ3) is 2.76. The molecule has 0 aromatic heterocycles. The first-order chi connectivity index (χ1) is 8.24. The van der Waals surface area contributed by atoms with Crippen LogP contribution in [0.3, 0.4) is 0 Å². The van der Waals surface area contributed by atoms with E-state index in [4.69, 9.17) is 4.74 Å². The predicted octanol–water partition coefficient (Wildman–Crippen LogP) is 2.01. The zero-order valence-electron chi connectivity index (χ0n) is 11.2. The van der Waals surface area contributed by atoms with Gasteiger partial charge in [0.15, 0.2) is 0 Å². The van der Waals surface area contributed by atoms with Crippen LogP contribution in [0.2, 0.25) is 0 Å². The first-order valence-corrected chi connectivity index (χ1v) is 6.45. The lowest BCUT2D eigenvalue weighted by Gasteiger charge is -2.21. The minimum absolute atomic E-state index is 0.179. The summed E-state index contributed by atoms with van der Waals surface area (Å²) < 4.78 is 5.11. The molecular weight excluding hydrogens is 234 g/mol. The van der Waals surface area contributed by atoms with Gasteiger partial charge in [-0.05, 0) is 51.9 Å². The Hall–Kier alpha value is -1.26. The number of carboxylic acid groups (broad SMARTS) is 1. The maximum absolute atomic E-state index is 11.5. The molecule has 0 spiro atoms. The van der Waals surface area contributed by atoms with Crippen LogP contribution in [0.25, 0.3) is 0 Å². The Bertz CT molecular complexity index is 370. The minimum atomic E-state index is -0.796. The second-order valence-corrected chi connectivity index (χ2v) is 6.46. The molecule has 0 unspecified atom stereocenters. The van der Waals surface area contributed by atoms with Crippen molar-refractivity contribution < 1.29 is 19.4 Å². The van der Waals surface area contributed by atoms with E-state index >= 15 is 0 Å². The van der Waals surface area contributed by atoms with Gasteiger partial charge >= 0.3 is 12.1 Å². The fourth-order valence-corrected chi connectivity index (χ4v) is 2.52. The first-order valence-electron chi connectivity index (χ1n) is 6.45. The van der Waals surface area contributed by atoms with Gasteiger partial charge in [-0.1, -0.05) is 0 Å². The molecular formula is C13H21NO4. The van der Waals surface area contributed by atoms with Crippen LogP contribution in [0.1, 0.15) is 40.0 Å². The van der Waals surface area contributed by atoms with Crippen molar-refractivity contribution in [3.05, 3.63) is 0 Å². The SMILES string of the molecule is CC(C)(C)OC(=O)NC[C@@]1(C(=O)O)C[C@H]1C1CC1. The molecule has 2 aliphatic rings.